The zero-order valence-electron chi connectivity index (χ0n) is 11.0. The lowest BCUT2D eigenvalue weighted by molar-refractivity contribution is 0.606. The summed E-state index contributed by atoms with van der Waals surface area (Å²) in [6.45, 7) is 10.6. The van der Waals surface area contributed by atoms with Crippen LogP contribution in [0.25, 0.3) is 0 Å². The molecule has 0 aliphatic carbocycles. The molecule has 2 heterocycles. The molecule has 2 aliphatic rings. The molecule has 0 aromatic heterocycles. The van der Waals surface area contributed by atoms with Crippen LogP contribution in [0.15, 0.2) is 37.2 Å². The van der Waals surface area contributed by atoms with Gasteiger partial charge in [0.2, 0.25) is 0 Å². The van der Waals surface area contributed by atoms with E-state index in [0.29, 0.717) is 12.1 Å². The summed E-state index contributed by atoms with van der Waals surface area (Å²) in [4.78, 5) is 2.18. The van der Waals surface area contributed by atoms with E-state index in [2.05, 4.69) is 36.4 Å². The van der Waals surface area contributed by atoms with Crippen molar-refractivity contribution in [2.24, 2.45) is 11.7 Å². The second kappa shape index (κ2) is 6.50. The minimum atomic E-state index is 0.454. The Balaban J connectivity index is 0.000000171. The largest absolute Gasteiger partial charge is 0.401 e. The van der Waals surface area contributed by atoms with Crippen LogP contribution in [0.2, 0.25) is 0 Å². The van der Waals surface area contributed by atoms with Gasteiger partial charge in [0.1, 0.15) is 0 Å². The molecule has 2 aliphatic heterocycles. The Labute approximate surface area is 105 Å². The van der Waals surface area contributed by atoms with Crippen LogP contribution < -0.4 is 11.1 Å². The van der Waals surface area contributed by atoms with Crippen molar-refractivity contribution in [1.29, 1.82) is 0 Å². The van der Waals surface area contributed by atoms with Crippen molar-refractivity contribution < 1.29 is 0 Å². The molecule has 1 saturated heterocycles. The summed E-state index contributed by atoms with van der Waals surface area (Å²) in [7, 11) is 2.05. The predicted octanol–water partition coefficient (Wildman–Crippen LogP) is 1.85. The summed E-state index contributed by atoms with van der Waals surface area (Å²) < 4.78 is 0. The summed E-state index contributed by atoms with van der Waals surface area (Å²) in [5.41, 5.74) is 6.23. The lowest BCUT2D eigenvalue weighted by Crippen LogP contribution is -2.07. The second-order valence-electron chi connectivity index (χ2n) is 4.82. The molecule has 0 bridgehead atoms. The van der Waals surface area contributed by atoms with Gasteiger partial charge < -0.3 is 11.1 Å². The third-order valence-electron chi connectivity index (χ3n) is 3.44. The minimum absolute atomic E-state index is 0.454. The fraction of sp³-hybridized carbons (Fsp3) is 0.571. The Morgan fingerprint density at radius 3 is 2.59 bits per heavy atom. The Hall–Kier alpha value is -1.22. The highest BCUT2D eigenvalue weighted by molar-refractivity contribution is 5.16. The number of likely N-dealkylation sites (N-methyl/N-ethyl adjacent to an activating group) is 1. The average molecular weight is 235 g/mol. The van der Waals surface area contributed by atoms with Crippen LogP contribution in [0.4, 0.5) is 0 Å². The molecule has 0 spiro atoms. The van der Waals surface area contributed by atoms with Gasteiger partial charge in [-0.1, -0.05) is 18.7 Å². The molecule has 3 heteroatoms. The summed E-state index contributed by atoms with van der Waals surface area (Å²) in [5.74, 6) is 0.753. The number of allylic oxidation sites excluding steroid dienone is 1. The fourth-order valence-corrected chi connectivity index (χ4v) is 2.09. The Kier molecular flexibility index (Phi) is 5.29. The van der Waals surface area contributed by atoms with Crippen molar-refractivity contribution in [3.63, 3.8) is 0 Å². The van der Waals surface area contributed by atoms with Gasteiger partial charge in [-0.15, -0.1) is 6.58 Å². The maximum absolute atomic E-state index is 5.44. The number of hydrogen-bond donors (Lipinski definition) is 2. The molecule has 0 aromatic carbocycles. The number of nitrogens with two attached hydrogens (primary N) is 1. The molecule has 3 N–H and O–H groups in total. The normalized spacial score (nSPS) is 33.3. The van der Waals surface area contributed by atoms with E-state index in [1.165, 1.54) is 6.42 Å². The quantitative estimate of drug-likeness (QED) is 0.577. The highest BCUT2D eigenvalue weighted by Crippen LogP contribution is 2.27. The van der Waals surface area contributed by atoms with Gasteiger partial charge in [-0.25, -0.2) is 0 Å². The topological polar surface area (TPSA) is 41.1 Å². The van der Waals surface area contributed by atoms with Crippen molar-refractivity contribution in [3.8, 4) is 0 Å². The third-order valence-corrected chi connectivity index (χ3v) is 3.44. The molecule has 96 valence electrons. The average Bonchev–Trinajstić information content (AvgIpc) is 2.71. The molecule has 2 rings (SSSR count). The van der Waals surface area contributed by atoms with Crippen molar-refractivity contribution >= 4 is 0 Å². The first-order chi connectivity index (χ1) is 8.07. The van der Waals surface area contributed by atoms with Gasteiger partial charge in [-0.2, -0.15) is 0 Å². The zero-order chi connectivity index (χ0) is 12.8. The third kappa shape index (κ3) is 4.27. The van der Waals surface area contributed by atoms with E-state index in [0.717, 1.165) is 24.6 Å². The minimum Gasteiger partial charge on any atom is -0.401 e. The number of rotatable bonds is 4. The molecule has 0 saturated carbocycles. The second-order valence-corrected chi connectivity index (χ2v) is 4.82. The van der Waals surface area contributed by atoms with Crippen LogP contribution in [-0.2, 0) is 0 Å². The highest BCUT2D eigenvalue weighted by atomic mass is 15.3. The van der Waals surface area contributed by atoms with E-state index in [-0.39, 0.29) is 0 Å². The van der Waals surface area contributed by atoms with Gasteiger partial charge in [0.05, 0.1) is 6.04 Å². The highest BCUT2D eigenvalue weighted by Gasteiger charge is 2.41. The van der Waals surface area contributed by atoms with Crippen LogP contribution in [0, 0.1) is 5.92 Å². The van der Waals surface area contributed by atoms with E-state index in [1.807, 2.05) is 19.3 Å². The molecule has 4 atom stereocenters. The Bertz CT molecular complexity index is 288. The van der Waals surface area contributed by atoms with Crippen molar-refractivity contribution in [2.45, 2.75) is 31.8 Å². The van der Waals surface area contributed by atoms with Crippen molar-refractivity contribution in [2.75, 3.05) is 13.6 Å². The van der Waals surface area contributed by atoms with Gasteiger partial charge >= 0.3 is 0 Å². The first-order valence-electron chi connectivity index (χ1n) is 6.25. The predicted molar refractivity (Wildman–Crippen MR) is 74.4 cm³/mol. The summed E-state index contributed by atoms with van der Waals surface area (Å²) >= 11 is 0. The van der Waals surface area contributed by atoms with Crippen LogP contribution in [0.5, 0.6) is 0 Å². The Morgan fingerprint density at radius 1 is 1.65 bits per heavy atom. The number of nitrogens with zero attached hydrogens (tertiary/aromatic N) is 1. The van der Waals surface area contributed by atoms with E-state index < -0.39 is 0 Å². The monoisotopic (exact) mass is 235 g/mol. The zero-order valence-corrected chi connectivity index (χ0v) is 11.0. The fourth-order valence-electron chi connectivity index (χ4n) is 2.09. The van der Waals surface area contributed by atoms with E-state index >= 15 is 0 Å². The molecule has 0 radical (unpaired) electrons. The van der Waals surface area contributed by atoms with Crippen molar-refractivity contribution in [3.05, 3.63) is 37.2 Å². The lowest BCUT2D eigenvalue weighted by Gasteiger charge is -2.02. The molecule has 0 aromatic rings. The maximum atomic E-state index is 5.44. The SMILES string of the molecule is C=C(N)C1C(C)N1C.C=CCC[C@@H]1C=CNC1. The smallest absolute Gasteiger partial charge is 0.0642 e. The van der Waals surface area contributed by atoms with Crippen LogP contribution in [0.1, 0.15) is 19.8 Å². The standard InChI is InChI=1S/C8H13N.C6H12N2/c1-2-3-4-8-5-6-9-7-8;1-4(7)6-5(2)8(6)3/h2,5-6,8-9H,1,3-4,7H2;5-6H,1,7H2,2-3H3/t8-;/m1./s1. The summed E-state index contributed by atoms with van der Waals surface area (Å²) in [5, 5.41) is 3.17. The molecular weight excluding hydrogens is 210 g/mol. The van der Waals surface area contributed by atoms with Gasteiger partial charge in [0, 0.05) is 18.3 Å². The van der Waals surface area contributed by atoms with Crippen LogP contribution in [0.3, 0.4) is 0 Å². The molecular formula is C14H25N3. The number of hydrogen-bond acceptors (Lipinski definition) is 3. The van der Waals surface area contributed by atoms with Gasteiger partial charge in [-0.05, 0) is 38.9 Å². The van der Waals surface area contributed by atoms with E-state index in [4.69, 9.17) is 5.73 Å². The summed E-state index contributed by atoms with van der Waals surface area (Å²) in [6, 6.07) is 1.07. The van der Waals surface area contributed by atoms with Crippen molar-refractivity contribution in [1.82, 2.24) is 10.2 Å². The molecule has 3 unspecified atom stereocenters. The first kappa shape index (κ1) is 13.8. The maximum Gasteiger partial charge on any atom is 0.0642 e. The molecule has 17 heavy (non-hydrogen) atoms. The molecule has 0 amide bonds. The summed E-state index contributed by atoms with van der Waals surface area (Å²) in [6.07, 6.45) is 8.62. The molecule has 3 nitrogen and oxygen atoms in total. The first-order valence-corrected chi connectivity index (χ1v) is 6.25. The van der Waals surface area contributed by atoms with E-state index in [1.54, 1.807) is 0 Å². The lowest BCUT2D eigenvalue weighted by atomic mass is 10.1. The number of nitrogens with one attached hydrogen (secondary N) is 1. The van der Waals surface area contributed by atoms with Gasteiger partial charge in [0.25, 0.3) is 0 Å². The Morgan fingerprint density at radius 2 is 2.29 bits per heavy atom. The van der Waals surface area contributed by atoms with Gasteiger partial charge in [-0.3, -0.25) is 4.90 Å². The van der Waals surface area contributed by atoms with Crippen LogP contribution in [-0.4, -0.2) is 30.6 Å². The van der Waals surface area contributed by atoms with Crippen LogP contribution >= 0.6 is 0 Å². The van der Waals surface area contributed by atoms with E-state index in [9.17, 15) is 0 Å². The molecule has 1 fully saturated rings. The van der Waals surface area contributed by atoms with Gasteiger partial charge in [0.15, 0.2) is 0 Å².